The zero-order valence-electron chi connectivity index (χ0n) is 11.0. The molecule has 0 spiro atoms. The second-order valence-electron chi connectivity index (χ2n) is 4.61. The number of hydrogen-bond acceptors (Lipinski definition) is 2. The smallest absolute Gasteiger partial charge is 0.0522 e. The molecule has 0 aliphatic carbocycles. The van der Waals surface area contributed by atoms with Crippen LogP contribution in [0.1, 0.15) is 31.7 Å². The lowest BCUT2D eigenvalue weighted by Gasteiger charge is -2.15. The lowest BCUT2D eigenvalue weighted by atomic mass is 10.0. The fourth-order valence-electron chi connectivity index (χ4n) is 2.05. The van der Waals surface area contributed by atoms with E-state index in [1.54, 1.807) is 0 Å². The summed E-state index contributed by atoms with van der Waals surface area (Å²) in [7, 11) is 1.95. The highest BCUT2D eigenvalue weighted by atomic mass is 35.5. The number of nitrogens with one attached hydrogen (secondary N) is 1. The van der Waals surface area contributed by atoms with Gasteiger partial charge < -0.3 is 5.32 Å². The van der Waals surface area contributed by atoms with E-state index in [0.29, 0.717) is 0 Å². The van der Waals surface area contributed by atoms with Gasteiger partial charge in [0.15, 0.2) is 0 Å². The Morgan fingerprint density at radius 2 is 2.29 bits per heavy atom. The van der Waals surface area contributed by atoms with Gasteiger partial charge in [0.25, 0.3) is 0 Å². The van der Waals surface area contributed by atoms with Crippen LogP contribution in [0.5, 0.6) is 0 Å². The van der Waals surface area contributed by atoms with Crippen LogP contribution in [0.4, 0.5) is 0 Å². The van der Waals surface area contributed by atoms with Gasteiger partial charge in [-0.25, -0.2) is 0 Å². The SMILES string of the molecule is CCCC(CCCl)CNCCc1cnn(C)c1. The van der Waals surface area contributed by atoms with Gasteiger partial charge in [-0.3, -0.25) is 4.68 Å². The monoisotopic (exact) mass is 257 g/mol. The van der Waals surface area contributed by atoms with Gasteiger partial charge in [0.05, 0.1) is 6.20 Å². The molecule has 1 unspecified atom stereocenters. The van der Waals surface area contributed by atoms with E-state index in [4.69, 9.17) is 11.6 Å². The average Bonchev–Trinajstić information content (AvgIpc) is 2.71. The molecule has 1 aromatic heterocycles. The van der Waals surface area contributed by atoms with Crippen LogP contribution in [0.3, 0.4) is 0 Å². The molecule has 0 aliphatic heterocycles. The number of hydrogen-bond donors (Lipinski definition) is 1. The molecular formula is C13H24ClN3. The summed E-state index contributed by atoms with van der Waals surface area (Å²) in [6.07, 6.45) is 8.69. The lowest BCUT2D eigenvalue weighted by Crippen LogP contribution is -2.25. The van der Waals surface area contributed by atoms with Crippen LogP contribution in [0, 0.1) is 5.92 Å². The molecule has 0 saturated carbocycles. The largest absolute Gasteiger partial charge is 0.316 e. The average molecular weight is 258 g/mol. The van der Waals surface area contributed by atoms with Crippen molar-refractivity contribution < 1.29 is 0 Å². The molecular weight excluding hydrogens is 234 g/mol. The van der Waals surface area contributed by atoms with Crippen LogP contribution in [0.2, 0.25) is 0 Å². The minimum atomic E-state index is 0.728. The summed E-state index contributed by atoms with van der Waals surface area (Å²) in [6.45, 7) is 4.34. The molecule has 17 heavy (non-hydrogen) atoms. The van der Waals surface area contributed by atoms with Gasteiger partial charge >= 0.3 is 0 Å². The minimum absolute atomic E-state index is 0.728. The molecule has 1 atom stereocenters. The summed E-state index contributed by atoms with van der Waals surface area (Å²) in [6, 6.07) is 0. The Kier molecular flexibility index (Phi) is 7.29. The topological polar surface area (TPSA) is 29.9 Å². The zero-order valence-corrected chi connectivity index (χ0v) is 11.7. The molecule has 0 fully saturated rings. The van der Waals surface area contributed by atoms with E-state index in [1.165, 1.54) is 18.4 Å². The van der Waals surface area contributed by atoms with Crippen molar-refractivity contribution in [1.82, 2.24) is 15.1 Å². The molecule has 98 valence electrons. The van der Waals surface area contributed by atoms with Gasteiger partial charge in [0.2, 0.25) is 0 Å². The molecule has 0 aliphatic rings. The Morgan fingerprint density at radius 1 is 1.47 bits per heavy atom. The van der Waals surface area contributed by atoms with E-state index in [0.717, 1.165) is 37.7 Å². The molecule has 0 amide bonds. The van der Waals surface area contributed by atoms with E-state index in [1.807, 2.05) is 17.9 Å². The Balaban J connectivity index is 2.13. The molecule has 0 saturated heterocycles. The molecule has 4 heteroatoms. The highest BCUT2D eigenvalue weighted by Gasteiger charge is 2.06. The third-order valence-corrected chi connectivity index (χ3v) is 3.21. The van der Waals surface area contributed by atoms with Crippen LogP contribution in [0.15, 0.2) is 12.4 Å². The van der Waals surface area contributed by atoms with Crippen LogP contribution in [-0.4, -0.2) is 28.8 Å². The summed E-state index contributed by atoms with van der Waals surface area (Å²) in [5.41, 5.74) is 1.30. The predicted molar refractivity (Wildman–Crippen MR) is 73.5 cm³/mol. The van der Waals surface area contributed by atoms with Crippen molar-refractivity contribution >= 4 is 11.6 Å². The van der Waals surface area contributed by atoms with Gasteiger partial charge in [-0.05, 0) is 43.8 Å². The van der Waals surface area contributed by atoms with Crippen molar-refractivity contribution in [3.05, 3.63) is 18.0 Å². The maximum atomic E-state index is 5.80. The third kappa shape index (κ3) is 6.08. The highest BCUT2D eigenvalue weighted by molar-refractivity contribution is 6.17. The van der Waals surface area contributed by atoms with Crippen LogP contribution < -0.4 is 5.32 Å². The van der Waals surface area contributed by atoms with Crippen molar-refractivity contribution in [2.75, 3.05) is 19.0 Å². The maximum Gasteiger partial charge on any atom is 0.0522 e. The number of nitrogens with zero attached hydrogens (tertiary/aromatic N) is 2. The Labute approximate surface area is 110 Å². The number of aryl methyl sites for hydroxylation is 1. The molecule has 0 aromatic carbocycles. The molecule has 0 bridgehead atoms. The quantitative estimate of drug-likeness (QED) is 0.544. The van der Waals surface area contributed by atoms with Gasteiger partial charge in [0.1, 0.15) is 0 Å². The lowest BCUT2D eigenvalue weighted by molar-refractivity contribution is 0.432. The molecule has 1 rings (SSSR count). The second kappa shape index (κ2) is 8.54. The first kappa shape index (κ1) is 14.5. The summed E-state index contributed by atoms with van der Waals surface area (Å²) in [4.78, 5) is 0. The van der Waals surface area contributed by atoms with Crippen molar-refractivity contribution in [3.8, 4) is 0 Å². The fourth-order valence-corrected chi connectivity index (χ4v) is 2.36. The number of halogens is 1. The van der Waals surface area contributed by atoms with Crippen molar-refractivity contribution in [2.45, 2.75) is 32.6 Å². The first-order valence-electron chi connectivity index (χ1n) is 6.50. The van der Waals surface area contributed by atoms with Crippen LogP contribution in [-0.2, 0) is 13.5 Å². The van der Waals surface area contributed by atoms with Gasteiger partial charge in [-0.1, -0.05) is 13.3 Å². The molecule has 0 radical (unpaired) electrons. The number of rotatable bonds is 9. The summed E-state index contributed by atoms with van der Waals surface area (Å²) in [5, 5.41) is 7.68. The van der Waals surface area contributed by atoms with Crippen molar-refractivity contribution in [1.29, 1.82) is 0 Å². The Hall–Kier alpha value is -0.540. The summed E-state index contributed by atoms with van der Waals surface area (Å²) < 4.78 is 1.85. The van der Waals surface area contributed by atoms with E-state index in [2.05, 4.69) is 23.5 Å². The third-order valence-electron chi connectivity index (χ3n) is 3.00. The van der Waals surface area contributed by atoms with Crippen LogP contribution >= 0.6 is 11.6 Å². The summed E-state index contributed by atoms with van der Waals surface area (Å²) >= 11 is 5.80. The summed E-state index contributed by atoms with van der Waals surface area (Å²) in [5.74, 6) is 1.50. The first-order chi connectivity index (χ1) is 8.26. The maximum absolute atomic E-state index is 5.80. The van der Waals surface area contributed by atoms with E-state index in [-0.39, 0.29) is 0 Å². The molecule has 1 N–H and O–H groups in total. The molecule has 1 heterocycles. The van der Waals surface area contributed by atoms with Crippen molar-refractivity contribution in [3.63, 3.8) is 0 Å². The molecule has 3 nitrogen and oxygen atoms in total. The van der Waals surface area contributed by atoms with E-state index < -0.39 is 0 Å². The first-order valence-corrected chi connectivity index (χ1v) is 7.04. The minimum Gasteiger partial charge on any atom is -0.316 e. The second-order valence-corrected chi connectivity index (χ2v) is 4.99. The number of alkyl halides is 1. The Bertz CT molecular complexity index is 293. The van der Waals surface area contributed by atoms with Crippen LogP contribution in [0.25, 0.3) is 0 Å². The zero-order chi connectivity index (χ0) is 12.5. The highest BCUT2D eigenvalue weighted by Crippen LogP contribution is 2.10. The van der Waals surface area contributed by atoms with Gasteiger partial charge in [-0.2, -0.15) is 5.10 Å². The van der Waals surface area contributed by atoms with Crippen molar-refractivity contribution in [2.24, 2.45) is 13.0 Å². The van der Waals surface area contributed by atoms with Gasteiger partial charge in [0, 0.05) is 19.1 Å². The standard InChI is InChI=1S/C13H24ClN3/c1-3-4-12(5-7-14)9-15-8-6-13-10-16-17(2)11-13/h10-12,15H,3-9H2,1-2H3. The fraction of sp³-hybridized carbons (Fsp3) is 0.769. The van der Waals surface area contributed by atoms with E-state index >= 15 is 0 Å². The van der Waals surface area contributed by atoms with E-state index in [9.17, 15) is 0 Å². The van der Waals surface area contributed by atoms with Gasteiger partial charge in [-0.15, -0.1) is 11.6 Å². The number of aromatic nitrogens is 2. The predicted octanol–water partition coefficient (Wildman–Crippen LogP) is 2.60. The Morgan fingerprint density at radius 3 is 2.88 bits per heavy atom. The molecule has 1 aromatic rings. The normalized spacial score (nSPS) is 12.9.